The van der Waals surface area contributed by atoms with Crippen molar-refractivity contribution in [3.05, 3.63) is 71.3 Å². The van der Waals surface area contributed by atoms with Gasteiger partial charge in [0.15, 0.2) is 0 Å². The molecule has 5 heteroatoms. The Morgan fingerprint density at radius 2 is 1.25 bits per heavy atom. The fourth-order valence-corrected chi connectivity index (χ4v) is 3.29. The summed E-state index contributed by atoms with van der Waals surface area (Å²) >= 11 is 0. The number of hydrogen-bond donors (Lipinski definition) is 1. The number of aliphatic hydroxyl groups excluding tert-OH is 1. The summed E-state index contributed by atoms with van der Waals surface area (Å²) in [6, 6.07) is 13.0. The first-order valence-corrected chi connectivity index (χ1v) is 8.25. The van der Waals surface area contributed by atoms with Crippen LogP contribution < -0.4 is 0 Å². The molecule has 1 aliphatic rings. The molecule has 128 valence electrons. The number of aliphatic hydroxyl groups is 1. The fraction of sp³-hybridized carbons (Fsp3) is 0.368. The second-order valence-corrected chi connectivity index (χ2v) is 6.11. The van der Waals surface area contributed by atoms with Gasteiger partial charge in [-0.3, -0.25) is 9.80 Å². The van der Waals surface area contributed by atoms with Gasteiger partial charge in [0.1, 0.15) is 11.6 Å². The van der Waals surface area contributed by atoms with E-state index in [9.17, 15) is 8.78 Å². The summed E-state index contributed by atoms with van der Waals surface area (Å²) in [5.41, 5.74) is 2.00. The summed E-state index contributed by atoms with van der Waals surface area (Å²) in [7, 11) is 0. The zero-order valence-corrected chi connectivity index (χ0v) is 13.5. The Morgan fingerprint density at radius 3 is 1.67 bits per heavy atom. The minimum absolute atomic E-state index is 0.0255. The Kier molecular flexibility index (Phi) is 5.56. The van der Waals surface area contributed by atoms with Gasteiger partial charge in [-0.25, -0.2) is 8.78 Å². The lowest BCUT2D eigenvalue weighted by atomic mass is 9.96. The summed E-state index contributed by atoms with van der Waals surface area (Å²) in [5, 5.41) is 9.08. The van der Waals surface area contributed by atoms with Crippen LogP contribution >= 0.6 is 0 Å². The third-order valence-electron chi connectivity index (χ3n) is 4.56. The van der Waals surface area contributed by atoms with E-state index in [0.29, 0.717) is 6.54 Å². The van der Waals surface area contributed by atoms with Gasteiger partial charge < -0.3 is 5.11 Å². The monoisotopic (exact) mass is 332 g/mol. The summed E-state index contributed by atoms with van der Waals surface area (Å²) < 4.78 is 26.6. The van der Waals surface area contributed by atoms with Crippen LogP contribution in [0, 0.1) is 11.6 Å². The van der Waals surface area contributed by atoms with Crippen LogP contribution in [-0.2, 0) is 0 Å². The van der Waals surface area contributed by atoms with Crippen molar-refractivity contribution in [3.63, 3.8) is 0 Å². The molecule has 0 radical (unpaired) electrons. The second kappa shape index (κ2) is 7.83. The van der Waals surface area contributed by atoms with Crippen molar-refractivity contribution >= 4 is 0 Å². The van der Waals surface area contributed by atoms with Crippen molar-refractivity contribution in [2.75, 3.05) is 39.3 Å². The molecule has 0 atom stereocenters. The zero-order chi connectivity index (χ0) is 16.9. The molecule has 24 heavy (non-hydrogen) atoms. The van der Waals surface area contributed by atoms with E-state index in [1.54, 1.807) is 24.3 Å². The van der Waals surface area contributed by atoms with E-state index in [1.807, 2.05) is 0 Å². The Bertz CT molecular complexity index is 592. The molecule has 0 bridgehead atoms. The zero-order valence-electron chi connectivity index (χ0n) is 13.5. The van der Waals surface area contributed by atoms with E-state index in [1.165, 1.54) is 24.3 Å². The second-order valence-electron chi connectivity index (χ2n) is 6.11. The predicted octanol–water partition coefficient (Wildman–Crippen LogP) is 2.66. The molecule has 0 aromatic heterocycles. The molecule has 1 heterocycles. The fourth-order valence-electron chi connectivity index (χ4n) is 3.29. The standard InChI is InChI=1S/C19H22F2N2O/c20-17-5-1-15(2-6-17)19(16-3-7-18(21)8-4-16)23-11-9-22(10-12-23)13-14-24/h1-8,19,24H,9-14H2. The van der Waals surface area contributed by atoms with E-state index < -0.39 is 0 Å². The van der Waals surface area contributed by atoms with Crippen molar-refractivity contribution < 1.29 is 13.9 Å². The minimum atomic E-state index is -0.260. The lowest BCUT2D eigenvalue weighted by Gasteiger charge is -2.39. The van der Waals surface area contributed by atoms with Crippen molar-refractivity contribution in [3.8, 4) is 0 Å². The van der Waals surface area contributed by atoms with Gasteiger partial charge in [-0.15, -0.1) is 0 Å². The molecule has 1 aliphatic heterocycles. The Hall–Kier alpha value is -1.82. The van der Waals surface area contributed by atoms with E-state index in [4.69, 9.17) is 5.11 Å². The normalized spacial score (nSPS) is 16.7. The third kappa shape index (κ3) is 3.98. The lowest BCUT2D eigenvalue weighted by Crippen LogP contribution is -2.48. The quantitative estimate of drug-likeness (QED) is 0.912. The number of halogens is 2. The average Bonchev–Trinajstić information content (AvgIpc) is 2.60. The predicted molar refractivity (Wildman–Crippen MR) is 89.7 cm³/mol. The maximum Gasteiger partial charge on any atom is 0.123 e. The first-order chi connectivity index (χ1) is 11.7. The molecule has 2 aromatic rings. The van der Waals surface area contributed by atoms with E-state index in [2.05, 4.69) is 9.80 Å². The Labute approximate surface area is 141 Å². The number of nitrogens with zero attached hydrogens (tertiary/aromatic N) is 2. The number of hydrogen-bond acceptors (Lipinski definition) is 3. The summed E-state index contributed by atoms with van der Waals surface area (Å²) in [6.45, 7) is 4.29. The van der Waals surface area contributed by atoms with Crippen LogP contribution in [0.1, 0.15) is 17.2 Å². The minimum Gasteiger partial charge on any atom is -0.395 e. The van der Waals surface area contributed by atoms with Crippen LogP contribution in [0.4, 0.5) is 8.78 Å². The number of piperazine rings is 1. The highest BCUT2D eigenvalue weighted by molar-refractivity contribution is 5.32. The molecular formula is C19H22F2N2O. The van der Waals surface area contributed by atoms with Crippen molar-refractivity contribution in [2.24, 2.45) is 0 Å². The number of β-amino-alcohol motifs (C(OH)–C–C–N with tert-alkyl or cyclic N) is 1. The van der Waals surface area contributed by atoms with Gasteiger partial charge in [0.05, 0.1) is 12.6 Å². The maximum atomic E-state index is 13.3. The molecule has 1 fully saturated rings. The molecule has 1 N–H and O–H groups in total. The molecule has 0 amide bonds. The topological polar surface area (TPSA) is 26.7 Å². The number of rotatable bonds is 5. The first kappa shape index (κ1) is 17.0. The maximum absolute atomic E-state index is 13.3. The van der Waals surface area contributed by atoms with Crippen LogP contribution in [0.25, 0.3) is 0 Å². The van der Waals surface area contributed by atoms with Gasteiger partial charge in [0, 0.05) is 32.7 Å². The van der Waals surface area contributed by atoms with E-state index in [-0.39, 0.29) is 24.3 Å². The highest BCUT2D eigenvalue weighted by Crippen LogP contribution is 2.30. The van der Waals surface area contributed by atoms with Crippen molar-refractivity contribution in [2.45, 2.75) is 6.04 Å². The molecule has 3 nitrogen and oxygen atoms in total. The van der Waals surface area contributed by atoms with Gasteiger partial charge >= 0.3 is 0 Å². The molecule has 0 spiro atoms. The van der Waals surface area contributed by atoms with Crippen LogP contribution in [0.3, 0.4) is 0 Å². The van der Waals surface area contributed by atoms with Crippen LogP contribution in [0.15, 0.2) is 48.5 Å². The van der Waals surface area contributed by atoms with E-state index >= 15 is 0 Å². The van der Waals surface area contributed by atoms with Gasteiger partial charge in [-0.2, -0.15) is 0 Å². The van der Waals surface area contributed by atoms with Gasteiger partial charge in [-0.1, -0.05) is 24.3 Å². The third-order valence-corrected chi connectivity index (χ3v) is 4.56. The smallest absolute Gasteiger partial charge is 0.123 e. The van der Waals surface area contributed by atoms with Crippen LogP contribution in [0.5, 0.6) is 0 Å². The molecule has 0 aliphatic carbocycles. The largest absolute Gasteiger partial charge is 0.395 e. The van der Waals surface area contributed by atoms with E-state index in [0.717, 1.165) is 37.3 Å². The molecule has 1 saturated heterocycles. The van der Waals surface area contributed by atoms with Crippen LogP contribution in [-0.4, -0.2) is 54.2 Å². The molecule has 0 unspecified atom stereocenters. The molecule has 2 aromatic carbocycles. The number of benzene rings is 2. The lowest BCUT2D eigenvalue weighted by molar-refractivity contribution is 0.0944. The SMILES string of the molecule is OCCN1CCN(C(c2ccc(F)cc2)c2ccc(F)cc2)CC1. The Balaban J connectivity index is 1.85. The van der Waals surface area contributed by atoms with Gasteiger partial charge in [0.2, 0.25) is 0 Å². The molecular weight excluding hydrogens is 310 g/mol. The molecule has 3 rings (SSSR count). The van der Waals surface area contributed by atoms with Crippen LogP contribution in [0.2, 0.25) is 0 Å². The highest BCUT2D eigenvalue weighted by Gasteiger charge is 2.26. The average molecular weight is 332 g/mol. The first-order valence-electron chi connectivity index (χ1n) is 8.25. The molecule has 0 saturated carbocycles. The Morgan fingerprint density at radius 1 is 0.792 bits per heavy atom. The summed E-state index contributed by atoms with van der Waals surface area (Å²) in [4.78, 5) is 4.55. The summed E-state index contributed by atoms with van der Waals surface area (Å²) in [5.74, 6) is -0.520. The van der Waals surface area contributed by atoms with Crippen molar-refractivity contribution in [1.29, 1.82) is 0 Å². The van der Waals surface area contributed by atoms with Crippen molar-refractivity contribution in [1.82, 2.24) is 9.80 Å². The summed E-state index contributed by atoms with van der Waals surface area (Å²) in [6.07, 6.45) is 0. The highest BCUT2D eigenvalue weighted by atomic mass is 19.1. The van der Waals surface area contributed by atoms with Gasteiger partial charge in [-0.05, 0) is 35.4 Å². The van der Waals surface area contributed by atoms with Gasteiger partial charge in [0.25, 0.3) is 0 Å².